The second-order valence-corrected chi connectivity index (χ2v) is 33.4. The van der Waals surface area contributed by atoms with Crippen LogP contribution in [0.2, 0.25) is 0 Å². The van der Waals surface area contributed by atoms with E-state index in [1.165, 1.54) is 0 Å². The second-order valence-electron chi connectivity index (χ2n) is 33.4. The van der Waals surface area contributed by atoms with Gasteiger partial charge in [-0.2, -0.15) is 0 Å². The number of benzene rings is 4. The molecule has 0 aromatic heterocycles. The molecule has 0 aliphatic heterocycles. The maximum absolute atomic E-state index is 14.4. The van der Waals surface area contributed by atoms with Crippen molar-refractivity contribution in [3.8, 4) is 23.0 Å². The van der Waals surface area contributed by atoms with E-state index in [9.17, 15) is 60.0 Å². The van der Waals surface area contributed by atoms with Crippen LogP contribution in [0.25, 0.3) is 0 Å². The van der Waals surface area contributed by atoms with Gasteiger partial charge in [-0.1, -0.05) is 215 Å². The van der Waals surface area contributed by atoms with E-state index in [-0.39, 0.29) is 74.4 Å². The van der Waals surface area contributed by atoms with E-state index in [1.807, 2.05) is 215 Å². The van der Waals surface area contributed by atoms with E-state index >= 15 is 0 Å². The lowest BCUT2D eigenvalue weighted by atomic mass is 9.62. The average molecular weight is 1180 g/mol. The maximum atomic E-state index is 14.4. The zero-order chi connectivity index (χ0) is 65.7. The summed E-state index contributed by atoms with van der Waals surface area (Å²) in [5.41, 5.74) is 0.782. The Morgan fingerprint density at radius 1 is 0.271 bits per heavy atom. The Morgan fingerprint density at radius 2 is 0.388 bits per heavy atom. The number of aliphatic carboxylic acids is 4. The summed E-state index contributed by atoms with van der Waals surface area (Å²) >= 11 is 0. The molecule has 4 aromatic carbocycles. The normalized spacial score (nSPS) is 15.4. The van der Waals surface area contributed by atoms with Gasteiger partial charge < -0.3 is 40.9 Å². The molecule has 472 valence electrons. The second kappa shape index (κ2) is 25.0. The first-order valence-corrected chi connectivity index (χ1v) is 30.5. The maximum Gasteiger partial charge on any atom is 0.306 e. The van der Waals surface area contributed by atoms with Gasteiger partial charge in [-0.05, 0) is 167 Å². The molecule has 4 rings (SSSR count). The number of carbonyl (C=O) groups is 4. The van der Waals surface area contributed by atoms with Gasteiger partial charge >= 0.3 is 23.9 Å². The van der Waals surface area contributed by atoms with Crippen LogP contribution in [-0.4, -0.2) is 64.7 Å². The number of hydrogen-bond acceptors (Lipinski definition) is 8. The Labute approximate surface area is 509 Å². The van der Waals surface area contributed by atoms with Crippen molar-refractivity contribution >= 4 is 23.9 Å². The summed E-state index contributed by atoms with van der Waals surface area (Å²) in [5.74, 6) is -9.93. The fraction of sp³-hybridized carbons (Fsp3) is 0.616. The van der Waals surface area contributed by atoms with Crippen molar-refractivity contribution in [1.82, 2.24) is 0 Å². The van der Waals surface area contributed by atoms with Gasteiger partial charge in [0.1, 0.15) is 23.0 Å². The van der Waals surface area contributed by atoms with Crippen LogP contribution < -0.4 is 0 Å². The molecule has 0 saturated carbocycles. The molecule has 4 atom stereocenters. The minimum Gasteiger partial charge on any atom is -0.507 e. The molecule has 85 heavy (non-hydrogen) atoms. The molecule has 12 heteroatoms. The van der Waals surface area contributed by atoms with Crippen LogP contribution in [0.4, 0.5) is 0 Å². The molecule has 4 unspecified atom stereocenters. The number of phenols is 4. The summed E-state index contributed by atoms with van der Waals surface area (Å²) in [6.07, 6.45) is -1.83. The van der Waals surface area contributed by atoms with Crippen molar-refractivity contribution in [3.63, 3.8) is 0 Å². The van der Waals surface area contributed by atoms with Gasteiger partial charge in [-0.25, -0.2) is 0 Å². The number of phenolic OH excluding ortho intramolecular Hbond substituents is 4. The highest BCUT2D eigenvalue weighted by molar-refractivity contribution is 5.74. The van der Waals surface area contributed by atoms with Crippen molar-refractivity contribution < 1.29 is 60.0 Å². The minimum absolute atomic E-state index is 0.0956. The Morgan fingerprint density at radius 3 is 0.482 bits per heavy atom. The summed E-state index contributed by atoms with van der Waals surface area (Å²) < 4.78 is 0. The first-order chi connectivity index (χ1) is 38.1. The van der Waals surface area contributed by atoms with Crippen LogP contribution in [0.1, 0.15) is 259 Å². The standard InChI is InChI=1S/C73H108O12/c1-65(2,3)49-29-41(30-50(57(49)74)66(4,5)6)25-45(61(78)79)37-73(38-46(62(80)81)26-42-31-51(67(7,8)9)58(75)52(32-42)68(10,11)12,39-47(63(82)83)27-43-33-53(69(13,14)15)59(76)54(34-43)70(16,17)18)40-48(64(84)85)28-44-35-55(71(19,20)21)60(77)56(36-44)72(22,23)24/h29-36,45-48,74-77H,25-28,37-40H2,1-24H3,(H,78,79)(H,80,81)(H,82,83)(H,84,85). The van der Waals surface area contributed by atoms with E-state index in [1.54, 1.807) is 0 Å². The molecule has 12 nitrogen and oxygen atoms in total. The summed E-state index contributed by atoms with van der Waals surface area (Å²) in [7, 11) is 0. The van der Waals surface area contributed by atoms with Gasteiger partial charge in [0.2, 0.25) is 0 Å². The fourth-order valence-corrected chi connectivity index (χ4v) is 12.5. The topological polar surface area (TPSA) is 230 Å². The first kappa shape index (κ1) is 71.4. The molecule has 0 aliphatic carbocycles. The van der Waals surface area contributed by atoms with Crippen LogP contribution in [-0.2, 0) is 88.2 Å². The quantitative estimate of drug-likeness (QED) is 0.0413. The van der Waals surface area contributed by atoms with E-state index in [0.29, 0.717) is 66.8 Å². The van der Waals surface area contributed by atoms with Gasteiger partial charge in [-0.3, -0.25) is 19.2 Å². The molecule has 0 aliphatic rings. The first-order valence-electron chi connectivity index (χ1n) is 30.5. The van der Waals surface area contributed by atoms with Crippen LogP contribution in [0.15, 0.2) is 48.5 Å². The van der Waals surface area contributed by atoms with Crippen LogP contribution in [0.5, 0.6) is 23.0 Å². The van der Waals surface area contributed by atoms with Crippen LogP contribution in [0, 0.1) is 29.1 Å². The van der Waals surface area contributed by atoms with E-state index in [4.69, 9.17) is 0 Å². The van der Waals surface area contributed by atoms with Crippen molar-refractivity contribution in [1.29, 1.82) is 0 Å². The number of carboxylic acid groups (broad SMARTS) is 4. The van der Waals surface area contributed by atoms with Crippen molar-refractivity contribution in [3.05, 3.63) is 115 Å². The van der Waals surface area contributed by atoms with Gasteiger partial charge in [0.25, 0.3) is 0 Å². The Hall–Kier alpha value is -6.04. The molecule has 0 bridgehead atoms. The molecule has 0 fully saturated rings. The smallest absolute Gasteiger partial charge is 0.306 e. The summed E-state index contributed by atoms with van der Waals surface area (Å²) in [6, 6.07) is 14.5. The fourth-order valence-electron chi connectivity index (χ4n) is 12.5. The zero-order valence-electron chi connectivity index (χ0n) is 56.3. The summed E-state index contributed by atoms with van der Waals surface area (Å²) in [4.78, 5) is 57.4. The highest BCUT2D eigenvalue weighted by atomic mass is 16.4. The minimum atomic E-state index is -1.67. The van der Waals surface area contributed by atoms with Gasteiger partial charge in [0.15, 0.2) is 0 Å². The molecule has 0 spiro atoms. The molecule has 4 aromatic rings. The summed E-state index contributed by atoms with van der Waals surface area (Å²) in [5, 5.41) is 94.1. The van der Waals surface area contributed by atoms with Crippen LogP contribution in [0.3, 0.4) is 0 Å². The average Bonchev–Trinajstić information content (AvgIpc) is 3.46. The van der Waals surface area contributed by atoms with Crippen LogP contribution >= 0.6 is 0 Å². The molecular formula is C73H108O12. The van der Waals surface area contributed by atoms with Crippen molar-refractivity contribution in [2.24, 2.45) is 29.1 Å². The molecule has 0 saturated heterocycles. The third kappa shape index (κ3) is 18.0. The lowest BCUT2D eigenvalue weighted by Gasteiger charge is -2.42. The zero-order valence-corrected chi connectivity index (χ0v) is 56.3. The molecule has 0 radical (unpaired) electrons. The predicted molar refractivity (Wildman–Crippen MR) is 342 cm³/mol. The highest BCUT2D eigenvalue weighted by Crippen LogP contribution is 2.51. The molecule has 8 N–H and O–H groups in total. The third-order valence-corrected chi connectivity index (χ3v) is 17.2. The van der Waals surface area contributed by atoms with Crippen molar-refractivity contribution in [2.45, 2.75) is 261 Å². The Kier molecular flexibility index (Phi) is 21.0. The summed E-state index contributed by atoms with van der Waals surface area (Å²) in [6.45, 7) is 46.9. The van der Waals surface area contributed by atoms with Gasteiger partial charge in [-0.15, -0.1) is 0 Å². The number of hydrogen-bond donors (Lipinski definition) is 8. The Bertz CT molecular complexity index is 2540. The number of carboxylic acids is 4. The van der Waals surface area contributed by atoms with E-state index in [0.717, 1.165) is 0 Å². The lowest BCUT2D eigenvalue weighted by molar-refractivity contribution is -0.147. The van der Waals surface area contributed by atoms with Crippen molar-refractivity contribution in [2.75, 3.05) is 0 Å². The highest BCUT2D eigenvalue weighted by Gasteiger charge is 2.46. The van der Waals surface area contributed by atoms with E-state index < -0.39 is 96.3 Å². The Balaban J connectivity index is 2.26. The predicted octanol–water partition coefficient (Wildman–Crippen LogP) is 16.5. The monoisotopic (exact) mass is 1180 g/mol. The third-order valence-electron chi connectivity index (χ3n) is 17.2. The van der Waals surface area contributed by atoms with Gasteiger partial charge in [0.05, 0.1) is 23.7 Å². The molecular weight excluding hydrogens is 1070 g/mol. The van der Waals surface area contributed by atoms with Gasteiger partial charge in [0, 0.05) is 0 Å². The number of rotatable bonds is 20. The number of aromatic hydroxyl groups is 4. The SMILES string of the molecule is CC(C)(C)c1cc(CC(CC(CC(Cc2cc(C(C)(C)C)c(O)c(C(C)(C)C)c2)C(=O)O)(CC(Cc2cc(C(C)(C)C)c(O)c(C(C)(C)C)c2)C(=O)O)CC(Cc2cc(C(C)(C)C)c(O)c(C(C)(C)C)c2)C(=O)O)C(=O)O)cc(C(C)(C)C)c1O. The lowest BCUT2D eigenvalue weighted by Crippen LogP contribution is -2.40. The van der Waals surface area contributed by atoms with E-state index in [2.05, 4.69) is 0 Å². The molecule has 0 heterocycles. The largest absolute Gasteiger partial charge is 0.507 e. The molecule has 0 amide bonds.